The third-order valence-corrected chi connectivity index (χ3v) is 3.07. The first kappa shape index (κ1) is 16.3. The minimum atomic E-state index is -2.87. The van der Waals surface area contributed by atoms with E-state index in [1.807, 2.05) is 0 Å². The van der Waals surface area contributed by atoms with Crippen LogP contribution in [0.1, 0.15) is 17.2 Å². The van der Waals surface area contributed by atoms with E-state index in [-0.39, 0.29) is 18.1 Å². The SMILES string of the molecule is OC(CNCc1ccc(F)cc1)c1ccc(OC(F)F)cc1. The van der Waals surface area contributed by atoms with E-state index in [4.69, 9.17) is 0 Å². The number of alkyl halides is 2. The van der Waals surface area contributed by atoms with Crippen molar-refractivity contribution in [2.75, 3.05) is 6.54 Å². The Hall–Kier alpha value is -2.05. The van der Waals surface area contributed by atoms with Crippen LogP contribution in [0, 0.1) is 5.82 Å². The second kappa shape index (κ2) is 7.82. The van der Waals surface area contributed by atoms with E-state index in [9.17, 15) is 18.3 Å². The predicted octanol–water partition coefficient (Wildman–Crippen LogP) is 3.25. The lowest BCUT2D eigenvalue weighted by Crippen LogP contribution is -2.21. The Morgan fingerprint density at radius 1 is 1.00 bits per heavy atom. The Kier molecular flexibility index (Phi) is 5.80. The number of hydrogen-bond donors (Lipinski definition) is 2. The lowest BCUT2D eigenvalue weighted by molar-refractivity contribution is -0.0498. The molecule has 0 spiro atoms. The molecular formula is C16H16F3NO2. The van der Waals surface area contributed by atoms with Crippen LogP contribution in [0.15, 0.2) is 48.5 Å². The van der Waals surface area contributed by atoms with Crippen LogP contribution in [0.2, 0.25) is 0 Å². The molecular weight excluding hydrogens is 295 g/mol. The highest BCUT2D eigenvalue weighted by atomic mass is 19.3. The van der Waals surface area contributed by atoms with E-state index in [2.05, 4.69) is 10.1 Å². The molecule has 0 fully saturated rings. The van der Waals surface area contributed by atoms with Gasteiger partial charge in [-0.1, -0.05) is 24.3 Å². The van der Waals surface area contributed by atoms with E-state index in [1.54, 1.807) is 12.1 Å². The summed E-state index contributed by atoms with van der Waals surface area (Å²) in [6.45, 7) is -2.09. The van der Waals surface area contributed by atoms with Crippen LogP contribution in [0.25, 0.3) is 0 Å². The van der Waals surface area contributed by atoms with Crippen LogP contribution in [0.5, 0.6) is 5.75 Å². The largest absolute Gasteiger partial charge is 0.435 e. The third-order valence-electron chi connectivity index (χ3n) is 3.07. The number of nitrogens with one attached hydrogen (secondary N) is 1. The maximum absolute atomic E-state index is 12.8. The van der Waals surface area contributed by atoms with Gasteiger partial charge in [-0.15, -0.1) is 0 Å². The lowest BCUT2D eigenvalue weighted by Gasteiger charge is -2.13. The Balaban J connectivity index is 1.81. The minimum absolute atomic E-state index is 0.0465. The van der Waals surface area contributed by atoms with Gasteiger partial charge in [-0.2, -0.15) is 8.78 Å². The maximum Gasteiger partial charge on any atom is 0.387 e. The summed E-state index contributed by atoms with van der Waals surface area (Å²) in [4.78, 5) is 0. The Morgan fingerprint density at radius 2 is 1.64 bits per heavy atom. The lowest BCUT2D eigenvalue weighted by atomic mass is 10.1. The van der Waals surface area contributed by atoms with E-state index < -0.39 is 12.7 Å². The van der Waals surface area contributed by atoms with E-state index >= 15 is 0 Å². The molecule has 2 rings (SSSR count). The molecule has 2 N–H and O–H groups in total. The van der Waals surface area contributed by atoms with Gasteiger partial charge in [0.1, 0.15) is 11.6 Å². The van der Waals surface area contributed by atoms with Crippen molar-refractivity contribution in [1.82, 2.24) is 5.32 Å². The number of rotatable bonds is 7. The molecule has 22 heavy (non-hydrogen) atoms. The number of ether oxygens (including phenoxy) is 1. The van der Waals surface area contributed by atoms with Crippen LogP contribution in [-0.4, -0.2) is 18.3 Å². The van der Waals surface area contributed by atoms with E-state index in [1.165, 1.54) is 36.4 Å². The van der Waals surface area contributed by atoms with Gasteiger partial charge >= 0.3 is 6.61 Å². The second-order valence-electron chi connectivity index (χ2n) is 4.72. The predicted molar refractivity (Wildman–Crippen MR) is 76.1 cm³/mol. The molecule has 0 heterocycles. The summed E-state index contributed by atoms with van der Waals surface area (Å²) in [7, 11) is 0. The van der Waals surface area contributed by atoms with Gasteiger partial charge in [0.25, 0.3) is 0 Å². The smallest absolute Gasteiger partial charge is 0.387 e. The quantitative estimate of drug-likeness (QED) is 0.825. The number of benzene rings is 2. The molecule has 0 saturated heterocycles. The van der Waals surface area contributed by atoms with Crippen molar-refractivity contribution in [2.45, 2.75) is 19.3 Å². The Bertz CT molecular complexity index is 573. The van der Waals surface area contributed by atoms with Gasteiger partial charge in [0.2, 0.25) is 0 Å². The Morgan fingerprint density at radius 3 is 2.23 bits per heavy atom. The fourth-order valence-corrected chi connectivity index (χ4v) is 1.94. The molecule has 0 saturated carbocycles. The summed E-state index contributed by atoms with van der Waals surface area (Å²) in [5.74, 6) is -0.250. The summed E-state index contributed by atoms with van der Waals surface area (Å²) in [5.41, 5.74) is 1.49. The molecule has 0 aliphatic heterocycles. The van der Waals surface area contributed by atoms with Crippen LogP contribution >= 0.6 is 0 Å². The van der Waals surface area contributed by atoms with Crippen molar-refractivity contribution in [2.24, 2.45) is 0 Å². The first-order chi connectivity index (χ1) is 10.5. The normalized spacial score (nSPS) is 12.4. The summed E-state index contributed by atoms with van der Waals surface area (Å²) in [5, 5.41) is 13.0. The fourth-order valence-electron chi connectivity index (χ4n) is 1.94. The average Bonchev–Trinajstić information content (AvgIpc) is 2.49. The van der Waals surface area contributed by atoms with Crippen molar-refractivity contribution >= 4 is 0 Å². The average molecular weight is 311 g/mol. The fraction of sp³-hybridized carbons (Fsp3) is 0.250. The van der Waals surface area contributed by atoms with Gasteiger partial charge in [0.15, 0.2) is 0 Å². The molecule has 1 unspecified atom stereocenters. The zero-order chi connectivity index (χ0) is 15.9. The van der Waals surface area contributed by atoms with E-state index in [0.717, 1.165) is 5.56 Å². The second-order valence-corrected chi connectivity index (χ2v) is 4.72. The Labute approximate surface area is 126 Å². The number of hydrogen-bond acceptors (Lipinski definition) is 3. The minimum Gasteiger partial charge on any atom is -0.435 e. The molecule has 118 valence electrons. The molecule has 2 aromatic rings. The van der Waals surface area contributed by atoms with Gasteiger partial charge in [-0.3, -0.25) is 0 Å². The van der Waals surface area contributed by atoms with Crippen molar-refractivity contribution in [3.8, 4) is 5.75 Å². The summed E-state index contributed by atoms with van der Waals surface area (Å²) in [6, 6.07) is 11.9. The van der Waals surface area contributed by atoms with Crippen molar-refractivity contribution < 1.29 is 23.0 Å². The van der Waals surface area contributed by atoms with Crippen LogP contribution in [-0.2, 0) is 6.54 Å². The molecule has 0 aliphatic carbocycles. The van der Waals surface area contributed by atoms with Crippen LogP contribution in [0.3, 0.4) is 0 Å². The van der Waals surface area contributed by atoms with Gasteiger partial charge in [0, 0.05) is 13.1 Å². The van der Waals surface area contributed by atoms with Gasteiger partial charge in [-0.25, -0.2) is 4.39 Å². The van der Waals surface area contributed by atoms with Crippen molar-refractivity contribution in [1.29, 1.82) is 0 Å². The monoisotopic (exact) mass is 311 g/mol. The third kappa shape index (κ3) is 5.05. The van der Waals surface area contributed by atoms with Gasteiger partial charge in [-0.05, 0) is 35.4 Å². The highest BCUT2D eigenvalue weighted by Gasteiger charge is 2.09. The van der Waals surface area contributed by atoms with Gasteiger partial charge < -0.3 is 15.2 Å². The molecule has 1 atom stereocenters. The summed E-state index contributed by atoms with van der Waals surface area (Å²) in [6.07, 6.45) is -0.777. The molecule has 2 aromatic carbocycles. The van der Waals surface area contributed by atoms with Gasteiger partial charge in [0.05, 0.1) is 6.10 Å². The first-order valence-electron chi connectivity index (χ1n) is 6.72. The first-order valence-corrected chi connectivity index (χ1v) is 6.72. The molecule has 0 aromatic heterocycles. The number of aliphatic hydroxyl groups excluding tert-OH is 1. The maximum atomic E-state index is 12.8. The molecule has 0 amide bonds. The highest BCUT2D eigenvalue weighted by Crippen LogP contribution is 2.19. The zero-order valence-corrected chi connectivity index (χ0v) is 11.7. The summed E-state index contributed by atoms with van der Waals surface area (Å²) >= 11 is 0. The zero-order valence-electron chi connectivity index (χ0n) is 11.7. The van der Waals surface area contributed by atoms with Crippen LogP contribution < -0.4 is 10.1 Å². The highest BCUT2D eigenvalue weighted by molar-refractivity contribution is 5.28. The van der Waals surface area contributed by atoms with Crippen molar-refractivity contribution in [3.63, 3.8) is 0 Å². The number of aliphatic hydroxyl groups is 1. The van der Waals surface area contributed by atoms with Crippen molar-refractivity contribution in [3.05, 3.63) is 65.5 Å². The number of halogens is 3. The molecule has 0 radical (unpaired) electrons. The molecule has 0 bridgehead atoms. The molecule has 0 aliphatic rings. The topological polar surface area (TPSA) is 41.5 Å². The standard InChI is InChI=1S/C16H16F3NO2/c17-13-5-1-11(2-6-13)9-20-10-15(21)12-3-7-14(8-4-12)22-16(18)19/h1-8,15-16,20-21H,9-10H2. The van der Waals surface area contributed by atoms with E-state index in [0.29, 0.717) is 12.1 Å². The van der Waals surface area contributed by atoms with Crippen LogP contribution in [0.4, 0.5) is 13.2 Å². The summed E-state index contributed by atoms with van der Waals surface area (Å²) < 4.78 is 41.0. The molecule has 6 heteroatoms. The molecule has 3 nitrogen and oxygen atoms in total.